The third-order valence-corrected chi connectivity index (χ3v) is 1.96. The SMILES string of the molecule is CC(C)C=CC1[CH]CNCC1. The Morgan fingerprint density at radius 3 is 2.91 bits per heavy atom. The maximum Gasteiger partial charge on any atom is -0.00115 e. The number of rotatable bonds is 2. The van der Waals surface area contributed by atoms with Crippen molar-refractivity contribution < 1.29 is 0 Å². The van der Waals surface area contributed by atoms with Crippen LogP contribution in [-0.2, 0) is 0 Å². The number of hydrogen-bond acceptors (Lipinski definition) is 1. The van der Waals surface area contributed by atoms with Gasteiger partial charge in [-0.15, -0.1) is 0 Å². The van der Waals surface area contributed by atoms with Crippen LogP contribution in [0.5, 0.6) is 0 Å². The number of hydrogen-bond donors (Lipinski definition) is 1. The molecule has 0 bridgehead atoms. The van der Waals surface area contributed by atoms with Crippen molar-refractivity contribution in [1.82, 2.24) is 5.32 Å². The summed E-state index contributed by atoms with van der Waals surface area (Å²) in [5.74, 6) is 1.41. The maximum atomic E-state index is 3.31. The van der Waals surface area contributed by atoms with Gasteiger partial charge in [0.05, 0.1) is 0 Å². The van der Waals surface area contributed by atoms with Gasteiger partial charge in [-0.25, -0.2) is 0 Å². The smallest absolute Gasteiger partial charge is 0.00115 e. The van der Waals surface area contributed by atoms with Gasteiger partial charge in [0.2, 0.25) is 0 Å². The van der Waals surface area contributed by atoms with Crippen molar-refractivity contribution in [2.75, 3.05) is 13.1 Å². The lowest BCUT2D eigenvalue weighted by molar-refractivity contribution is 0.524. The van der Waals surface area contributed by atoms with Gasteiger partial charge in [0.15, 0.2) is 0 Å². The third-order valence-electron chi connectivity index (χ3n) is 1.96. The standard InChI is InChI=1S/C10H18N/c1-9(2)3-4-10-5-7-11-8-6-10/h3-5,9-11H,6-8H2,1-2H3. The molecule has 63 valence electrons. The number of allylic oxidation sites excluding steroid dienone is 2. The fourth-order valence-corrected chi connectivity index (χ4v) is 1.26. The van der Waals surface area contributed by atoms with Gasteiger partial charge in [0.1, 0.15) is 0 Å². The largest absolute Gasteiger partial charge is 0.316 e. The minimum atomic E-state index is 0.693. The van der Waals surface area contributed by atoms with Crippen molar-refractivity contribution in [2.45, 2.75) is 20.3 Å². The van der Waals surface area contributed by atoms with E-state index in [1.165, 1.54) is 13.0 Å². The number of piperidine rings is 1. The predicted molar refractivity (Wildman–Crippen MR) is 49.3 cm³/mol. The van der Waals surface area contributed by atoms with E-state index in [2.05, 4.69) is 37.7 Å². The van der Waals surface area contributed by atoms with Crippen molar-refractivity contribution in [3.63, 3.8) is 0 Å². The fourth-order valence-electron chi connectivity index (χ4n) is 1.26. The van der Waals surface area contributed by atoms with Crippen molar-refractivity contribution in [1.29, 1.82) is 0 Å². The second-order valence-corrected chi connectivity index (χ2v) is 3.52. The van der Waals surface area contributed by atoms with Gasteiger partial charge in [0, 0.05) is 0 Å². The van der Waals surface area contributed by atoms with Gasteiger partial charge in [-0.3, -0.25) is 0 Å². The zero-order valence-electron chi connectivity index (χ0n) is 7.51. The molecule has 1 heterocycles. The van der Waals surface area contributed by atoms with E-state index in [4.69, 9.17) is 0 Å². The topological polar surface area (TPSA) is 12.0 Å². The molecule has 0 aromatic heterocycles. The molecule has 0 saturated carbocycles. The molecule has 0 spiro atoms. The van der Waals surface area contributed by atoms with Crippen LogP contribution in [0.3, 0.4) is 0 Å². The van der Waals surface area contributed by atoms with E-state index >= 15 is 0 Å². The van der Waals surface area contributed by atoms with Gasteiger partial charge in [0.25, 0.3) is 0 Å². The first-order valence-electron chi connectivity index (χ1n) is 4.51. The molecule has 1 radical (unpaired) electrons. The van der Waals surface area contributed by atoms with E-state index in [1.54, 1.807) is 0 Å². The van der Waals surface area contributed by atoms with Crippen LogP contribution in [0.25, 0.3) is 0 Å². The third kappa shape index (κ3) is 3.57. The van der Waals surface area contributed by atoms with Crippen LogP contribution in [0.2, 0.25) is 0 Å². The summed E-state index contributed by atoms with van der Waals surface area (Å²) < 4.78 is 0. The van der Waals surface area contributed by atoms with Gasteiger partial charge in [-0.2, -0.15) is 0 Å². The molecule has 1 N–H and O–H groups in total. The lowest BCUT2D eigenvalue weighted by Gasteiger charge is -2.19. The van der Waals surface area contributed by atoms with Crippen LogP contribution in [0.15, 0.2) is 12.2 Å². The Kier molecular flexibility index (Phi) is 3.64. The molecule has 0 aliphatic carbocycles. The molecular weight excluding hydrogens is 134 g/mol. The summed E-state index contributed by atoms with van der Waals surface area (Å²) in [6.45, 7) is 6.69. The molecule has 0 aromatic rings. The van der Waals surface area contributed by atoms with Crippen LogP contribution in [-0.4, -0.2) is 13.1 Å². The molecule has 1 aliphatic rings. The van der Waals surface area contributed by atoms with E-state index in [9.17, 15) is 0 Å². The first-order chi connectivity index (χ1) is 5.29. The molecule has 1 saturated heterocycles. The highest BCUT2D eigenvalue weighted by Gasteiger charge is 2.08. The molecule has 1 rings (SSSR count). The Bertz CT molecular complexity index is 121. The van der Waals surface area contributed by atoms with E-state index in [0.717, 1.165) is 12.5 Å². The lowest BCUT2D eigenvalue weighted by atomic mass is 9.96. The Morgan fingerprint density at radius 2 is 2.36 bits per heavy atom. The average molecular weight is 152 g/mol. The Labute approximate surface area is 69.9 Å². The van der Waals surface area contributed by atoms with Crippen molar-refractivity contribution in [2.24, 2.45) is 11.8 Å². The van der Waals surface area contributed by atoms with E-state index in [-0.39, 0.29) is 0 Å². The molecule has 1 aliphatic heterocycles. The van der Waals surface area contributed by atoms with E-state index < -0.39 is 0 Å². The number of nitrogens with one attached hydrogen (secondary N) is 1. The van der Waals surface area contributed by atoms with Gasteiger partial charge in [-0.1, -0.05) is 26.0 Å². The highest BCUT2D eigenvalue weighted by Crippen LogP contribution is 2.12. The summed E-state index contributed by atoms with van der Waals surface area (Å²) in [6.07, 6.45) is 8.25. The van der Waals surface area contributed by atoms with Crippen LogP contribution >= 0.6 is 0 Å². The van der Waals surface area contributed by atoms with Gasteiger partial charge >= 0.3 is 0 Å². The van der Waals surface area contributed by atoms with E-state index in [0.29, 0.717) is 5.92 Å². The van der Waals surface area contributed by atoms with E-state index in [1.807, 2.05) is 0 Å². The van der Waals surface area contributed by atoms with Crippen LogP contribution in [0, 0.1) is 18.3 Å². The highest BCUT2D eigenvalue weighted by molar-refractivity contribution is 4.99. The molecule has 1 unspecified atom stereocenters. The summed E-state index contributed by atoms with van der Waals surface area (Å²) in [6, 6.07) is 0. The monoisotopic (exact) mass is 152 g/mol. The first kappa shape index (κ1) is 8.79. The Balaban J connectivity index is 2.23. The highest BCUT2D eigenvalue weighted by atomic mass is 14.9. The van der Waals surface area contributed by atoms with Crippen LogP contribution < -0.4 is 5.32 Å². The normalized spacial score (nSPS) is 21.7. The second-order valence-electron chi connectivity index (χ2n) is 3.52. The summed E-state index contributed by atoms with van der Waals surface area (Å²) in [5.41, 5.74) is 0. The summed E-state index contributed by atoms with van der Waals surface area (Å²) in [7, 11) is 0. The molecule has 1 fully saturated rings. The van der Waals surface area contributed by atoms with Gasteiger partial charge < -0.3 is 5.32 Å². The van der Waals surface area contributed by atoms with Crippen molar-refractivity contribution >= 4 is 0 Å². The zero-order valence-corrected chi connectivity index (χ0v) is 7.51. The molecule has 1 atom stereocenters. The first-order valence-corrected chi connectivity index (χ1v) is 4.51. The Hall–Kier alpha value is -0.300. The predicted octanol–water partition coefficient (Wildman–Crippen LogP) is 2.01. The van der Waals surface area contributed by atoms with Crippen molar-refractivity contribution in [3.8, 4) is 0 Å². The lowest BCUT2D eigenvalue weighted by Crippen LogP contribution is -2.27. The second kappa shape index (κ2) is 4.55. The molecule has 1 nitrogen and oxygen atoms in total. The fraction of sp³-hybridized carbons (Fsp3) is 0.700. The summed E-state index contributed by atoms with van der Waals surface area (Å²) in [5, 5.41) is 3.31. The molecule has 0 aromatic carbocycles. The average Bonchev–Trinajstić information content (AvgIpc) is 2.03. The quantitative estimate of drug-likeness (QED) is 0.597. The zero-order chi connectivity index (χ0) is 8.10. The molecular formula is C10H18N. The minimum Gasteiger partial charge on any atom is -0.316 e. The van der Waals surface area contributed by atoms with Crippen LogP contribution in [0.1, 0.15) is 20.3 Å². The van der Waals surface area contributed by atoms with Gasteiger partial charge in [-0.05, 0) is 37.8 Å². The minimum absolute atomic E-state index is 0.693. The summed E-state index contributed by atoms with van der Waals surface area (Å²) in [4.78, 5) is 0. The maximum absolute atomic E-state index is 3.31. The molecule has 11 heavy (non-hydrogen) atoms. The molecule has 1 heteroatoms. The molecule has 0 amide bonds. The van der Waals surface area contributed by atoms with Crippen LogP contribution in [0.4, 0.5) is 0 Å². The Morgan fingerprint density at radius 1 is 1.55 bits per heavy atom. The summed E-state index contributed by atoms with van der Waals surface area (Å²) >= 11 is 0. The van der Waals surface area contributed by atoms with Crippen molar-refractivity contribution in [3.05, 3.63) is 18.6 Å².